The lowest BCUT2D eigenvalue weighted by atomic mass is 10.1. The van der Waals surface area contributed by atoms with Gasteiger partial charge in [-0.2, -0.15) is 0 Å². The highest BCUT2D eigenvalue weighted by Gasteiger charge is 2.11. The zero-order valence-corrected chi connectivity index (χ0v) is 11.1. The van der Waals surface area contributed by atoms with Crippen LogP contribution >= 0.6 is 0 Å². The van der Waals surface area contributed by atoms with Crippen molar-refractivity contribution in [1.29, 1.82) is 0 Å². The van der Waals surface area contributed by atoms with Gasteiger partial charge in [-0.15, -0.1) is 0 Å². The maximum atomic E-state index is 11.8. The maximum Gasteiger partial charge on any atom is 0.226 e. The van der Waals surface area contributed by atoms with E-state index < -0.39 is 0 Å². The summed E-state index contributed by atoms with van der Waals surface area (Å²) < 4.78 is 5.17. The third-order valence-electron chi connectivity index (χ3n) is 2.88. The third kappa shape index (κ3) is 3.79. The van der Waals surface area contributed by atoms with E-state index in [1.54, 1.807) is 0 Å². The van der Waals surface area contributed by atoms with Gasteiger partial charge in [-0.1, -0.05) is 24.2 Å². The second-order valence-corrected chi connectivity index (χ2v) is 4.36. The molecule has 1 aromatic carbocycles. The monoisotopic (exact) mass is 261 g/mol. The molecule has 0 aliphatic rings. The number of benzene rings is 1. The molecule has 0 fully saturated rings. The molecule has 1 heterocycles. The highest BCUT2D eigenvalue weighted by Crippen LogP contribution is 2.17. The van der Waals surface area contributed by atoms with Crippen molar-refractivity contribution in [2.75, 3.05) is 19.6 Å². The van der Waals surface area contributed by atoms with Gasteiger partial charge in [0.15, 0.2) is 5.58 Å². The van der Waals surface area contributed by atoms with Crippen LogP contribution in [0.4, 0.5) is 0 Å². The normalized spacial score (nSPS) is 10.8. The van der Waals surface area contributed by atoms with E-state index in [1.165, 1.54) is 0 Å². The molecule has 2 rings (SSSR count). The molecule has 2 N–H and O–H groups in total. The molecule has 0 aliphatic heterocycles. The Morgan fingerprint density at radius 2 is 2.16 bits per heavy atom. The van der Waals surface area contributed by atoms with Crippen LogP contribution in [-0.2, 0) is 11.2 Å². The molecule has 2 aromatic rings. The van der Waals surface area contributed by atoms with Crippen molar-refractivity contribution in [3.05, 3.63) is 30.0 Å². The first-order chi connectivity index (χ1) is 9.31. The molecule has 5 nitrogen and oxygen atoms in total. The summed E-state index contributed by atoms with van der Waals surface area (Å²) in [5.74, 6) is -0.0180. The average molecular weight is 261 g/mol. The second kappa shape index (κ2) is 6.89. The van der Waals surface area contributed by atoms with E-state index in [4.69, 9.17) is 4.52 Å². The van der Waals surface area contributed by atoms with Crippen LogP contribution in [0.5, 0.6) is 0 Å². The molecule has 0 unspecified atom stereocenters. The van der Waals surface area contributed by atoms with Crippen LogP contribution in [0.15, 0.2) is 28.8 Å². The minimum atomic E-state index is -0.0180. The summed E-state index contributed by atoms with van der Waals surface area (Å²) in [7, 11) is 0. The maximum absolute atomic E-state index is 11.8. The number of nitrogens with zero attached hydrogens (tertiary/aromatic N) is 1. The van der Waals surface area contributed by atoms with Gasteiger partial charge >= 0.3 is 0 Å². The number of amides is 1. The summed E-state index contributed by atoms with van der Waals surface area (Å²) in [6.07, 6.45) is 1.19. The fourth-order valence-electron chi connectivity index (χ4n) is 1.90. The Bertz CT molecular complexity index is 536. The zero-order valence-electron chi connectivity index (χ0n) is 11.1. The number of para-hydroxylation sites is 1. The van der Waals surface area contributed by atoms with Gasteiger partial charge in [-0.25, -0.2) is 0 Å². The Morgan fingerprint density at radius 3 is 3.00 bits per heavy atom. The SMILES string of the molecule is CCNCCCNC(=O)Cc1noc2ccccc12. The van der Waals surface area contributed by atoms with Crippen molar-refractivity contribution in [2.24, 2.45) is 0 Å². The number of hydrogen-bond acceptors (Lipinski definition) is 4. The van der Waals surface area contributed by atoms with E-state index in [-0.39, 0.29) is 12.3 Å². The van der Waals surface area contributed by atoms with E-state index in [2.05, 4.69) is 22.7 Å². The Kier molecular flexibility index (Phi) is 4.92. The summed E-state index contributed by atoms with van der Waals surface area (Å²) in [6, 6.07) is 7.56. The summed E-state index contributed by atoms with van der Waals surface area (Å²) in [6.45, 7) is 4.62. The molecule has 5 heteroatoms. The van der Waals surface area contributed by atoms with E-state index in [1.807, 2.05) is 24.3 Å². The standard InChI is InChI=1S/C14H19N3O2/c1-2-15-8-5-9-16-14(18)10-12-11-6-3-4-7-13(11)19-17-12/h3-4,6-7,15H,2,5,8-10H2,1H3,(H,16,18). The molecule has 1 aromatic heterocycles. The van der Waals surface area contributed by atoms with Crippen molar-refractivity contribution in [3.8, 4) is 0 Å². The number of carbonyl (C=O) groups excluding carboxylic acids is 1. The topological polar surface area (TPSA) is 67.2 Å². The Hall–Kier alpha value is -1.88. The summed E-state index contributed by atoms with van der Waals surface area (Å²) >= 11 is 0. The van der Waals surface area contributed by atoms with E-state index in [9.17, 15) is 4.79 Å². The molecule has 0 bridgehead atoms. The number of aromatic nitrogens is 1. The van der Waals surface area contributed by atoms with Gasteiger partial charge in [0.25, 0.3) is 0 Å². The lowest BCUT2D eigenvalue weighted by molar-refractivity contribution is -0.120. The van der Waals surface area contributed by atoms with Crippen LogP contribution in [0.1, 0.15) is 19.0 Å². The van der Waals surface area contributed by atoms with Gasteiger partial charge in [0.05, 0.1) is 6.42 Å². The molecular weight excluding hydrogens is 242 g/mol. The summed E-state index contributed by atoms with van der Waals surface area (Å²) in [5, 5.41) is 10.9. The number of fused-ring (bicyclic) bond motifs is 1. The first kappa shape index (κ1) is 13.5. The highest BCUT2D eigenvalue weighted by molar-refractivity contribution is 5.86. The molecule has 0 spiro atoms. The fraction of sp³-hybridized carbons (Fsp3) is 0.429. The van der Waals surface area contributed by atoms with Crippen LogP contribution < -0.4 is 10.6 Å². The predicted molar refractivity (Wildman–Crippen MR) is 73.9 cm³/mol. The van der Waals surface area contributed by atoms with Crippen molar-refractivity contribution in [3.63, 3.8) is 0 Å². The molecule has 0 saturated heterocycles. The van der Waals surface area contributed by atoms with Crippen LogP contribution in [0.3, 0.4) is 0 Å². The minimum Gasteiger partial charge on any atom is -0.356 e. The van der Waals surface area contributed by atoms with Crippen LogP contribution in [0.2, 0.25) is 0 Å². The first-order valence-corrected chi connectivity index (χ1v) is 6.62. The number of rotatable bonds is 7. The molecule has 1 amide bonds. The van der Waals surface area contributed by atoms with E-state index >= 15 is 0 Å². The van der Waals surface area contributed by atoms with Gasteiger partial charge in [-0.3, -0.25) is 4.79 Å². The van der Waals surface area contributed by atoms with Gasteiger partial charge in [0, 0.05) is 11.9 Å². The molecule has 0 radical (unpaired) electrons. The Balaban J connectivity index is 1.82. The molecule has 102 valence electrons. The molecule has 0 atom stereocenters. The minimum absolute atomic E-state index is 0.0180. The van der Waals surface area contributed by atoms with Crippen molar-refractivity contribution in [1.82, 2.24) is 15.8 Å². The molecular formula is C14H19N3O2. The van der Waals surface area contributed by atoms with Crippen molar-refractivity contribution >= 4 is 16.9 Å². The van der Waals surface area contributed by atoms with Crippen molar-refractivity contribution in [2.45, 2.75) is 19.8 Å². The smallest absolute Gasteiger partial charge is 0.226 e. The van der Waals surface area contributed by atoms with Gasteiger partial charge < -0.3 is 15.2 Å². The Labute approximate surface area is 112 Å². The number of carbonyl (C=O) groups is 1. The summed E-state index contributed by atoms with van der Waals surface area (Å²) in [5.41, 5.74) is 1.41. The lowest BCUT2D eigenvalue weighted by Crippen LogP contribution is -2.28. The molecule has 0 aliphatic carbocycles. The average Bonchev–Trinajstić information content (AvgIpc) is 2.82. The van der Waals surface area contributed by atoms with Gasteiger partial charge in [0.1, 0.15) is 5.69 Å². The van der Waals surface area contributed by atoms with Gasteiger partial charge in [0.2, 0.25) is 5.91 Å². The largest absolute Gasteiger partial charge is 0.356 e. The molecule has 19 heavy (non-hydrogen) atoms. The van der Waals surface area contributed by atoms with Gasteiger partial charge in [-0.05, 0) is 31.6 Å². The van der Waals surface area contributed by atoms with Crippen LogP contribution in [-0.4, -0.2) is 30.7 Å². The van der Waals surface area contributed by atoms with Crippen LogP contribution in [0, 0.1) is 0 Å². The number of hydrogen-bond donors (Lipinski definition) is 2. The van der Waals surface area contributed by atoms with Crippen LogP contribution in [0.25, 0.3) is 11.0 Å². The van der Waals surface area contributed by atoms with E-state index in [0.29, 0.717) is 12.2 Å². The quantitative estimate of drug-likeness (QED) is 0.741. The van der Waals surface area contributed by atoms with Crippen molar-refractivity contribution < 1.29 is 9.32 Å². The zero-order chi connectivity index (χ0) is 13.5. The highest BCUT2D eigenvalue weighted by atomic mass is 16.5. The summed E-state index contributed by atoms with van der Waals surface area (Å²) in [4.78, 5) is 11.8. The number of nitrogens with one attached hydrogen (secondary N) is 2. The second-order valence-electron chi connectivity index (χ2n) is 4.36. The third-order valence-corrected chi connectivity index (χ3v) is 2.88. The fourth-order valence-corrected chi connectivity index (χ4v) is 1.90. The Morgan fingerprint density at radius 1 is 1.32 bits per heavy atom. The first-order valence-electron chi connectivity index (χ1n) is 6.62. The molecule has 0 saturated carbocycles. The lowest BCUT2D eigenvalue weighted by Gasteiger charge is -2.04. The predicted octanol–water partition coefficient (Wildman–Crippen LogP) is 1.49. The van der Waals surface area contributed by atoms with E-state index in [0.717, 1.165) is 30.5 Å².